The Kier molecular flexibility index (Phi) is 6.15. The first kappa shape index (κ1) is 19.7. The van der Waals surface area contributed by atoms with Gasteiger partial charge in [-0.25, -0.2) is 13.2 Å². The first-order valence-corrected chi connectivity index (χ1v) is 9.74. The molecule has 0 aliphatic carbocycles. The molecule has 0 aliphatic heterocycles. The van der Waals surface area contributed by atoms with Gasteiger partial charge in [0.15, 0.2) is 9.84 Å². The number of carboxylic acid groups (broad SMARTS) is 1. The Morgan fingerprint density at radius 3 is 2.15 bits per heavy atom. The van der Waals surface area contributed by atoms with Crippen LogP contribution in [0, 0.1) is 13.8 Å². The maximum atomic E-state index is 12.3. The molecule has 0 spiro atoms. The molecule has 2 aromatic rings. The largest absolute Gasteiger partial charge is 0.480 e. The van der Waals surface area contributed by atoms with E-state index >= 15 is 0 Å². The Labute approximate surface area is 152 Å². The molecule has 1 amide bonds. The molecule has 1 atom stereocenters. The van der Waals surface area contributed by atoms with Crippen molar-refractivity contribution in [3.63, 3.8) is 0 Å². The van der Waals surface area contributed by atoms with Gasteiger partial charge in [0.2, 0.25) is 0 Å². The highest BCUT2D eigenvalue weighted by Gasteiger charge is 2.24. The molecular formula is C19H21NO5S. The lowest BCUT2D eigenvalue weighted by Crippen LogP contribution is -2.42. The number of benzene rings is 2. The van der Waals surface area contributed by atoms with Crippen molar-refractivity contribution in [2.75, 3.05) is 5.75 Å². The highest BCUT2D eigenvalue weighted by atomic mass is 32.2. The van der Waals surface area contributed by atoms with Crippen molar-refractivity contribution in [1.82, 2.24) is 5.32 Å². The van der Waals surface area contributed by atoms with E-state index in [4.69, 9.17) is 0 Å². The molecular weight excluding hydrogens is 354 g/mol. The van der Waals surface area contributed by atoms with E-state index in [0.717, 1.165) is 11.1 Å². The number of aliphatic carboxylic acids is 1. The van der Waals surface area contributed by atoms with Crippen molar-refractivity contribution >= 4 is 21.7 Å². The lowest BCUT2D eigenvalue weighted by atomic mass is 10.1. The predicted octanol–water partition coefficient (Wildman–Crippen LogP) is 2.35. The molecule has 6 nitrogen and oxygen atoms in total. The number of nitrogens with one attached hydrogen (secondary N) is 1. The van der Waals surface area contributed by atoms with E-state index in [2.05, 4.69) is 5.32 Å². The topological polar surface area (TPSA) is 101 Å². The molecule has 7 heteroatoms. The average molecular weight is 375 g/mol. The molecule has 138 valence electrons. The van der Waals surface area contributed by atoms with Crippen molar-refractivity contribution in [3.8, 4) is 0 Å². The van der Waals surface area contributed by atoms with Crippen LogP contribution in [0.3, 0.4) is 0 Å². The first-order valence-electron chi connectivity index (χ1n) is 8.09. The van der Waals surface area contributed by atoms with Gasteiger partial charge in [0.05, 0.1) is 10.6 Å². The summed E-state index contributed by atoms with van der Waals surface area (Å²) in [5.41, 5.74) is 2.11. The van der Waals surface area contributed by atoms with Crippen LogP contribution in [0.2, 0.25) is 0 Å². The lowest BCUT2D eigenvalue weighted by Gasteiger charge is -2.15. The van der Waals surface area contributed by atoms with Crippen LogP contribution in [-0.4, -0.2) is 37.2 Å². The smallest absolute Gasteiger partial charge is 0.326 e. The lowest BCUT2D eigenvalue weighted by molar-refractivity contribution is -0.139. The van der Waals surface area contributed by atoms with Crippen molar-refractivity contribution < 1.29 is 23.1 Å². The summed E-state index contributed by atoms with van der Waals surface area (Å²) < 4.78 is 24.6. The molecule has 2 N–H and O–H groups in total. The van der Waals surface area contributed by atoms with Gasteiger partial charge in [0.25, 0.3) is 5.91 Å². The molecule has 0 heterocycles. The summed E-state index contributed by atoms with van der Waals surface area (Å²) in [4.78, 5) is 23.9. The van der Waals surface area contributed by atoms with Crippen LogP contribution < -0.4 is 5.32 Å². The third kappa shape index (κ3) is 5.16. The second-order valence-corrected chi connectivity index (χ2v) is 8.27. The van der Waals surface area contributed by atoms with Crippen molar-refractivity contribution in [2.45, 2.75) is 31.2 Å². The van der Waals surface area contributed by atoms with Crippen LogP contribution in [0.15, 0.2) is 53.4 Å². The minimum Gasteiger partial charge on any atom is -0.480 e. The summed E-state index contributed by atoms with van der Waals surface area (Å²) in [6, 6.07) is 11.7. The Bertz CT molecular complexity index is 887. The zero-order valence-electron chi connectivity index (χ0n) is 14.6. The fraction of sp³-hybridized carbons (Fsp3) is 0.263. The second-order valence-electron chi connectivity index (χ2n) is 6.16. The Hall–Kier alpha value is -2.67. The molecule has 0 radical (unpaired) electrons. The van der Waals surface area contributed by atoms with Crippen molar-refractivity contribution in [1.29, 1.82) is 0 Å². The number of carboxylic acids is 1. The SMILES string of the molecule is Cc1cc(C)cc(C(=O)N[C@H](CCS(=O)(=O)c2ccccc2)C(=O)O)c1. The number of aryl methyl sites for hydroxylation is 2. The standard InChI is InChI=1S/C19H21NO5S/c1-13-10-14(2)12-15(11-13)18(21)20-17(19(22)23)8-9-26(24,25)16-6-4-3-5-7-16/h3-7,10-12,17H,8-9H2,1-2H3,(H,20,21)(H,22,23)/t17-/m1/s1. The molecule has 0 saturated carbocycles. The first-order chi connectivity index (χ1) is 12.2. The zero-order chi connectivity index (χ0) is 19.3. The van der Waals surface area contributed by atoms with E-state index in [1.807, 2.05) is 19.9 Å². The highest BCUT2D eigenvalue weighted by molar-refractivity contribution is 7.91. The molecule has 2 rings (SSSR count). The minimum atomic E-state index is -3.62. The van der Waals surface area contributed by atoms with Gasteiger partial charge in [0, 0.05) is 5.56 Å². The van der Waals surface area contributed by atoms with Crippen LogP contribution in [0.4, 0.5) is 0 Å². The Morgan fingerprint density at radius 1 is 1.04 bits per heavy atom. The van der Waals surface area contributed by atoms with E-state index in [1.165, 1.54) is 12.1 Å². The van der Waals surface area contributed by atoms with Crippen LogP contribution in [0.1, 0.15) is 27.9 Å². The molecule has 0 aliphatic rings. The molecule has 0 saturated heterocycles. The number of amides is 1. The van der Waals surface area contributed by atoms with Gasteiger partial charge in [0.1, 0.15) is 6.04 Å². The van der Waals surface area contributed by atoms with E-state index in [9.17, 15) is 23.1 Å². The highest BCUT2D eigenvalue weighted by Crippen LogP contribution is 2.13. The Morgan fingerprint density at radius 2 is 1.62 bits per heavy atom. The van der Waals surface area contributed by atoms with Gasteiger partial charge in [-0.15, -0.1) is 0 Å². The van der Waals surface area contributed by atoms with Crippen molar-refractivity contribution in [3.05, 3.63) is 65.2 Å². The molecule has 2 aromatic carbocycles. The van der Waals surface area contributed by atoms with Gasteiger partial charge in [-0.3, -0.25) is 4.79 Å². The second kappa shape index (κ2) is 8.14. The molecule has 0 bridgehead atoms. The van der Waals surface area contributed by atoms with Gasteiger partial charge >= 0.3 is 5.97 Å². The van der Waals surface area contributed by atoms with E-state index in [1.54, 1.807) is 30.3 Å². The summed E-state index contributed by atoms with van der Waals surface area (Å²) in [5, 5.41) is 11.7. The maximum absolute atomic E-state index is 12.3. The average Bonchev–Trinajstić information content (AvgIpc) is 2.58. The van der Waals surface area contributed by atoms with Gasteiger partial charge < -0.3 is 10.4 Å². The van der Waals surface area contributed by atoms with Crippen LogP contribution in [0.25, 0.3) is 0 Å². The monoisotopic (exact) mass is 375 g/mol. The summed E-state index contributed by atoms with van der Waals surface area (Å²) >= 11 is 0. The summed E-state index contributed by atoms with van der Waals surface area (Å²) in [6.45, 7) is 3.68. The van der Waals surface area contributed by atoms with Gasteiger partial charge in [-0.2, -0.15) is 0 Å². The number of carbonyl (C=O) groups is 2. The van der Waals surface area contributed by atoms with Crippen LogP contribution in [-0.2, 0) is 14.6 Å². The molecule has 0 unspecified atom stereocenters. The quantitative estimate of drug-likeness (QED) is 0.774. The summed E-state index contributed by atoms with van der Waals surface area (Å²) in [5.74, 6) is -2.19. The minimum absolute atomic E-state index is 0.129. The fourth-order valence-corrected chi connectivity index (χ4v) is 3.98. The normalized spacial score (nSPS) is 12.4. The van der Waals surface area contributed by atoms with E-state index in [0.29, 0.717) is 5.56 Å². The molecule has 0 fully saturated rings. The van der Waals surface area contributed by atoms with Crippen molar-refractivity contribution in [2.24, 2.45) is 0 Å². The molecule has 26 heavy (non-hydrogen) atoms. The summed E-state index contributed by atoms with van der Waals surface area (Å²) in [7, 11) is -3.62. The maximum Gasteiger partial charge on any atom is 0.326 e. The number of sulfone groups is 1. The third-order valence-electron chi connectivity index (χ3n) is 3.86. The van der Waals surface area contributed by atoms with Crippen LogP contribution in [0.5, 0.6) is 0 Å². The van der Waals surface area contributed by atoms with E-state index < -0.39 is 27.8 Å². The van der Waals surface area contributed by atoms with Crippen LogP contribution >= 0.6 is 0 Å². The Balaban J connectivity index is 2.09. The third-order valence-corrected chi connectivity index (χ3v) is 5.63. The fourth-order valence-electron chi connectivity index (χ4n) is 2.62. The number of hydrogen-bond donors (Lipinski definition) is 2. The van der Waals surface area contributed by atoms with E-state index in [-0.39, 0.29) is 17.1 Å². The molecule has 0 aromatic heterocycles. The summed E-state index contributed by atoms with van der Waals surface area (Å²) in [6.07, 6.45) is -0.219. The number of rotatable bonds is 7. The number of hydrogen-bond acceptors (Lipinski definition) is 4. The zero-order valence-corrected chi connectivity index (χ0v) is 15.4. The van der Waals surface area contributed by atoms with Gasteiger partial charge in [-0.1, -0.05) is 35.4 Å². The number of carbonyl (C=O) groups excluding carboxylic acids is 1. The predicted molar refractivity (Wildman–Crippen MR) is 97.9 cm³/mol. The van der Waals surface area contributed by atoms with Gasteiger partial charge in [-0.05, 0) is 44.5 Å².